The van der Waals surface area contributed by atoms with Crippen LogP contribution in [0.3, 0.4) is 0 Å². The summed E-state index contributed by atoms with van der Waals surface area (Å²) < 4.78 is 11.0. The fourth-order valence-corrected chi connectivity index (χ4v) is 3.02. The molecule has 7 heteroatoms. The first-order valence-corrected chi connectivity index (χ1v) is 9.84. The molecule has 1 aromatic rings. The van der Waals surface area contributed by atoms with Gasteiger partial charge in [-0.25, -0.2) is 4.79 Å². The summed E-state index contributed by atoms with van der Waals surface area (Å²) in [7, 11) is 0. The van der Waals surface area contributed by atoms with Gasteiger partial charge >= 0.3 is 6.09 Å². The van der Waals surface area contributed by atoms with Crippen molar-refractivity contribution < 1.29 is 19.1 Å². The topological polar surface area (TPSA) is 79.9 Å². The van der Waals surface area contributed by atoms with Crippen molar-refractivity contribution in [3.8, 4) is 0 Å². The molecule has 0 saturated carbocycles. The Balaban J connectivity index is 1.80. The van der Waals surface area contributed by atoms with Gasteiger partial charge in [0.15, 0.2) is 0 Å². The molecular weight excluding hydrogens is 358 g/mol. The van der Waals surface area contributed by atoms with E-state index in [0.29, 0.717) is 30.3 Å². The molecule has 0 aliphatic carbocycles. The predicted molar refractivity (Wildman–Crippen MR) is 110 cm³/mol. The van der Waals surface area contributed by atoms with Gasteiger partial charge in [-0.15, -0.1) is 0 Å². The average molecular weight is 392 g/mol. The van der Waals surface area contributed by atoms with E-state index in [0.717, 1.165) is 19.6 Å². The van der Waals surface area contributed by atoms with Gasteiger partial charge in [0.05, 0.1) is 12.7 Å². The lowest BCUT2D eigenvalue weighted by molar-refractivity contribution is -0.0295. The van der Waals surface area contributed by atoms with Crippen molar-refractivity contribution in [3.05, 3.63) is 29.8 Å². The summed E-state index contributed by atoms with van der Waals surface area (Å²) in [4.78, 5) is 26.5. The first kappa shape index (κ1) is 22.2. The Morgan fingerprint density at radius 1 is 1.25 bits per heavy atom. The number of nitrogens with zero attached hydrogens (tertiary/aromatic N) is 1. The minimum Gasteiger partial charge on any atom is -0.444 e. The highest BCUT2D eigenvalue weighted by Gasteiger charge is 2.21. The molecular formula is C21H33N3O4. The third-order valence-corrected chi connectivity index (χ3v) is 4.13. The van der Waals surface area contributed by atoms with Crippen LogP contribution in [0.2, 0.25) is 0 Å². The van der Waals surface area contributed by atoms with Crippen LogP contribution in [0.5, 0.6) is 0 Å². The average Bonchev–Trinajstić information content (AvgIpc) is 2.58. The minimum absolute atomic E-state index is 0.00422. The fraction of sp³-hybridized carbons (Fsp3) is 0.619. The molecule has 1 aliphatic rings. The lowest BCUT2D eigenvalue weighted by Crippen LogP contribution is -2.48. The van der Waals surface area contributed by atoms with Crippen molar-refractivity contribution >= 4 is 17.7 Å². The molecule has 0 radical (unpaired) electrons. The number of benzene rings is 1. The van der Waals surface area contributed by atoms with Crippen molar-refractivity contribution in [2.45, 2.75) is 46.3 Å². The zero-order chi connectivity index (χ0) is 20.7. The number of anilines is 1. The van der Waals surface area contributed by atoms with Crippen LogP contribution in [0.15, 0.2) is 24.3 Å². The highest BCUT2D eigenvalue weighted by molar-refractivity contribution is 5.95. The Morgan fingerprint density at radius 3 is 2.54 bits per heavy atom. The molecule has 28 heavy (non-hydrogen) atoms. The van der Waals surface area contributed by atoms with Crippen molar-refractivity contribution in [1.29, 1.82) is 0 Å². The van der Waals surface area contributed by atoms with Crippen molar-refractivity contribution in [1.82, 2.24) is 10.2 Å². The van der Waals surface area contributed by atoms with E-state index in [9.17, 15) is 9.59 Å². The summed E-state index contributed by atoms with van der Waals surface area (Å²) in [5.41, 5.74) is 0.547. The second-order valence-corrected chi connectivity index (χ2v) is 8.56. The van der Waals surface area contributed by atoms with Crippen LogP contribution in [0.4, 0.5) is 10.5 Å². The van der Waals surface area contributed by atoms with Gasteiger partial charge in [0.25, 0.3) is 5.91 Å². The van der Waals surface area contributed by atoms with E-state index in [4.69, 9.17) is 9.47 Å². The molecule has 1 heterocycles. The summed E-state index contributed by atoms with van der Waals surface area (Å²) in [6.45, 7) is 13.8. The maximum absolute atomic E-state index is 12.4. The standard InChI is InChI=1S/C21H33N3O4/c1-15(2)13-24-10-11-27-18(14-24)12-22-19(25)16-6-8-17(9-7-16)23-20(26)28-21(3,4)5/h6-9,15,18H,10-14H2,1-5H3,(H,22,25)(H,23,26). The lowest BCUT2D eigenvalue weighted by Gasteiger charge is -2.33. The molecule has 2 N–H and O–H groups in total. The molecule has 1 unspecified atom stereocenters. The molecule has 1 aromatic carbocycles. The van der Waals surface area contributed by atoms with Crippen LogP contribution in [0, 0.1) is 5.92 Å². The number of carbonyl (C=O) groups excluding carboxylic acids is 2. The minimum atomic E-state index is -0.560. The van der Waals surface area contributed by atoms with E-state index in [1.54, 1.807) is 45.0 Å². The summed E-state index contributed by atoms with van der Waals surface area (Å²) >= 11 is 0. The first-order chi connectivity index (χ1) is 13.1. The molecule has 1 aliphatic heterocycles. The molecule has 0 spiro atoms. The van der Waals surface area contributed by atoms with E-state index in [-0.39, 0.29) is 12.0 Å². The maximum Gasteiger partial charge on any atom is 0.412 e. The highest BCUT2D eigenvalue weighted by Crippen LogP contribution is 2.13. The van der Waals surface area contributed by atoms with Crippen LogP contribution in [-0.2, 0) is 9.47 Å². The van der Waals surface area contributed by atoms with Crippen LogP contribution in [0.25, 0.3) is 0 Å². The van der Waals surface area contributed by atoms with Gasteiger partial charge in [0.2, 0.25) is 0 Å². The van der Waals surface area contributed by atoms with E-state index < -0.39 is 11.7 Å². The van der Waals surface area contributed by atoms with Gasteiger partial charge in [-0.1, -0.05) is 13.8 Å². The van der Waals surface area contributed by atoms with E-state index in [1.807, 2.05) is 0 Å². The molecule has 1 atom stereocenters. The monoisotopic (exact) mass is 391 g/mol. The Hall–Kier alpha value is -2.12. The van der Waals surface area contributed by atoms with Crippen molar-refractivity contribution in [2.75, 3.05) is 38.1 Å². The Morgan fingerprint density at radius 2 is 1.93 bits per heavy atom. The zero-order valence-electron chi connectivity index (χ0n) is 17.6. The van der Waals surface area contributed by atoms with E-state index >= 15 is 0 Å². The molecule has 0 bridgehead atoms. The lowest BCUT2D eigenvalue weighted by atomic mass is 10.1. The SMILES string of the molecule is CC(C)CN1CCOC(CNC(=O)c2ccc(NC(=O)OC(C)(C)C)cc2)C1. The number of hydrogen-bond donors (Lipinski definition) is 2. The van der Waals surface area contributed by atoms with Gasteiger partial charge in [-0.05, 0) is 51.0 Å². The summed E-state index contributed by atoms with van der Waals surface area (Å²) in [6, 6.07) is 6.71. The fourth-order valence-electron chi connectivity index (χ4n) is 3.02. The number of nitrogens with one attached hydrogen (secondary N) is 2. The first-order valence-electron chi connectivity index (χ1n) is 9.84. The predicted octanol–water partition coefficient (Wildman–Crippen LogP) is 3.12. The van der Waals surface area contributed by atoms with E-state index in [2.05, 4.69) is 29.4 Å². The molecule has 1 fully saturated rings. The number of rotatable bonds is 6. The van der Waals surface area contributed by atoms with Gasteiger partial charge < -0.3 is 14.8 Å². The largest absolute Gasteiger partial charge is 0.444 e. The van der Waals surface area contributed by atoms with Gasteiger partial charge in [0, 0.05) is 37.4 Å². The van der Waals surface area contributed by atoms with Crippen LogP contribution in [0.1, 0.15) is 45.0 Å². The molecule has 1 saturated heterocycles. The normalized spacial score (nSPS) is 18.0. The smallest absolute Gasteiger partial charge is 0.412 e. The van der Waals surface area contributed by atoms with Gasteiger partial charge in [-0.3, -0.25) is 15.0 Å². The van der Waals surface area contributed by atoms with Gasteiger partial charge in [0.1, 0.15) is 5.60 Å². The second-order valence-electron chi connectivity index (χ2n) is 8.56. The highest BCUT2D eigenvalue weighted by atomic mass is 16.6. The molecule has 7 nitrogen and oxygen atoms in total. The van der Waals surface area contributed by atoms with Gasteiger partial charge in [-0.2, -0.15) is 0 Å². The van der Waals surface area contributed by atoms with Crippen LogP contribution < -0.4 is 10.6 Å². The quantitative estimate of drug-likeness (QED) is 0.779. The number of carbonyl (C=O) groups is 2. The number of ether oxygens (including phenoxy) is 2. The molecule has 2 rings (SSSR count). The van der Waals surface area contributed by atoms with E-state index in [1.165, 1.54) is 0 Å². The third-order valence-electron chi connectivity index (χ3n) is 4.13. The number of hydrogen-bond acceptors (Lipinski definition) is 5. The Bertz CT molecular complexity index is 653. The van der Waals surface area contributed by atoms with Crippen molar-refractivity contribution in [3.63, 3.8) is 0 Å². The second kappa shape index (κ2) is 9.89. The number of amides is 2. The number of morpholine rings is 1. The van der Waals surface area contributed by atoms with Crippen LogP contribution in [-0.4, -0.2) is 61.4 Å². The molecule has 0 aromatic heterocycles. The van der Waals surface area contributed by atoms with Crippen LogP contribution >= 0.6 is 0 Å². The summed E-state index contributed by atoms with van der Waals surface area (Å²) in [6.07, 6.45) is -0.519. The maximum atomic E-state index is 12.4. The van der Waals surface area contributed by atoms with Crippen molar-refractivity contribution in [2.24, 2.45) is 5.92 Å². The Labute approximate surface area is 167 Å². The summed E-state index contributed by atoms with van der Waals surface area (Å²) in [5, 5.41) is 5.58. The zero-order valence-corrected chi connectivity index (χ0v) is 17.6. The molecule has 2 amide bonds. The Kier molecular flexibility index (Phi) is 7.83. The third kappa shape index (κ3) is 7.86. The molecule has 156 valence electrons. The summed E-state index contributed by atoms with van der Waals surface area (Å²) in [5.74, 6) is 0.453.